The minimum Gasteiger partial charge on any atom is -0.507 e. The zero-order valence-corrected chi connectivity index (χ0v) is 12.9. The molecule has 1 N–H and O–H groups in total. The Morgan fingerprint density at radius 3 is 2.50 bits per heavy atom. The molecule has 3 rings (SSSR count). The Bertz CT molecular complexity index is 711. The number of fused-ring (bicyclic) bond motifs is 3. The van der Waals surface area contributed by atoms with Crippen LogP contribution in [0.3, 0.4) is 0 Å². The second kappa shape index (κ2) is 4.15. The molecule has 2 nitrogen and oxygen atoms in total. The highest BCUT2D eigenvalue weighted by molar-refractivity contribution is 5.98. The summed E-state index contributed by atoms with van der Waals surface area (Å²) in [6.07, 6.45) is 1.95. The third-order valence-corrected chi connectivity index (χ3v) is 4.65. The largest absolute Gasteiger partial charge is 0.507 e. The highest BCUT2D eigenvalue weighted by Crippen LogP contribution is 2.46. The fourth-order valence-electron chi connectivity index (χ4n) is 3.14. The molecular weight excluding hydrogens is 248 g/mol. The monoisotopic (exact) mass is 270 g/mol. The number of phenolic OH excluding ortho intramolecular Hbond substituents is 1. The molecule has 0 atom stereocenters. The average Bonchev–Trinajstić information content (AvgIpc) is 2.38. The van der Waals surface area contributed by atoms with Crippen molar-refractivity contribution in [3.63, 3.8) is 0 Å². The summed E-state index contributed by atoms with van der Waals surface area (Å²) < 4.78 is 6.25. The van der Waals surface area contributed by atoms with Gasteiger partial charge in [0.2, 0.25) is 0 Å². The molecule has 0 unspecified atom stereocenters. The van der Waals surface area contributed by atoms with Crippen molar-refractivity contribution >= 4 is 10.8 Å². The maximum atomic E-state index is 10.6. The highest BCUT2D eigenvalue weighted by Gasteiger charge is 2.30. The second-order valence-electron chi connectivity index (χ2n) is 6.57. The number of hydrogen-bond donors (Lipinski definition) is 1. The zero-order valence-electron chi connectivity index (χ0n) is 12.9. The summed E-state index contributed by atoms with van der Waals surface area (Å²) in [5.41, 5.74) is 4.33. The number of phenols is 1. The van der Waals surface area contributed by atoms with Gasteiger partial charge in [-0.15, -0.1) is 0 Å². The van der Waals surface area contributed by atoms with Crippen molar-refractivity contribution in [3.8, 4) is 11.5 Å². The van der Waals surface area contributed by atoms with Crippen LogP contribution in [0.2, 0.25) is 0 Å². The van der Waals surface area contributed by atoms with E-state index in [0.717, 1.165) is 46.1 Å². The number of aryl methyl sites for hydroxylation is 2. The van der Waals surface area contributed by atoms with E-state index in [1.165, 1.54) is 5.56 Å². The lowest BCUT2D eigenvalue weighted by Gasteiger charge is -2.34. The summed E-state index contributed by atoms with van der Waals surface area (Å²) in [4.78, 5) is 0. The van der Waals surface area contributed by atoms with Gasteiger partial charge < -0.3 is 9.84 Å². The van der Waals surface area contributed by atoms with Gasteiger partial charge in [-0.25, -0.2) is 0 Å². The molecular formula is C18H22O2. The van der Waals surface area contributed by atoms with E-state index in [2.05, 4.69) is 39.8 Å². The molecule has 2 aromatic rings. The van der Waals surface area contributed by atoms with Gasteiger partial charge in [0.05, 0.1) is 0 Å². The molecule has 1 heterocycles. The number of aromatic hydroxyl groups is 1. The van der Waals surface area contributed by atoms with Crippen LogP contribution in [-0.4, -0.2) is 10.7 Å². The molecule has 0 aliphatic carbocycles. The number of rotatable bonds is 0. The minimum absolute atomic E-state index is 0.137. The van der Waals surface area contributed by atoms with Crippen molar-refractivity contribution in [1.29, 1.82) is 0 Å². The van der Waals surface area contributed by atoms with E-state index in [9.17, 15) is 5.11 Å². The molecule has 2 aromatic carbocycles. The van der Waals surface area contributed by atoms with Crippen LogP contribution in [-0.2, 0) is 6.42 Å². The van der Waals surface area contributed by atoms with E-state index in [0.29, 0.717) is 5.75 Å². The summed E-state index contributed by atoms with van der Waals surface area (Å²) in [7, 11) is 0. The highest BCUT2D eigenvalue weighted by atomic mass is 16.5. The first-order chi connectivity index (χ1) is 9.32. The fourth-order valence-corrected chi connectivity index (χ4v) is 3.14. The Morgan fingerprint density at radius 1 is 1.10 bits per heavy atom. The maximum Gasteiger partial charge on any atom is 0.131 e. The average molecular weight is 270 g/mol. The molecule has 0 fully saturated rings. The van der Waals surface area contributed by atoms with Gasteiger partial charge in [0, 0.05) is 16.3 Å². The molecule has 0 radical (unpaired) electrons. The van der Waals surface area contributed by atoms with Gasteiger partial charge >= 0.3 is 0 Å². The van der Waals surface area contributed by atoms with E-state index < -0.39 is 0 Å². The van der Waals surface area contributed by atoms with E-state index >= 15 is 0 Å². The summed E-state index contributed by atoms with van der Waals surface area (Å²) in [5.74, 6) is 1.39. The van der Waals surface area contributed by atoms with Crippen molar-refractivity contribution in [2.24, 2.45) is 0 Å². The van der Waals surface area contributed by atoms with Crippen LogP contribution in [0, 0.1) is 20.8 Å². The molecule has 0 spiro atoms. The van der Waals surface area contributed by atoms with Crippen molar-refractivity contribution in [3.05, 3.63) is 34.4 Å². The molecule has 0 amide bonds. The zero-order chi connectivity index (χ0) is 14.7. The van der Waals surface area contributed by atoms with Gasteiger partial charge in [-0.05, 0) is 64.2 Å². The van der Waals surface area contributed by atoms with Crippen molar-refractivity contribution in [1.82, 2.24) is 0 Å². The maximum absolute atomic E-state index is 10.6. The Balaban J connectivity index is 2.43. The van der Waals surface area contributed by atoms with Crippen LogP contribution in [0.4, 0.5) is 0 Å². The molecule has 20 heavy (non-hydrogen) atoms. The SMILES string of the molecule is Cc1ccc2c3c(c(C)c(O)c2c1C)CCC(C)(C)O3. The number of hydrogen-bond acceptors (Lipinski definition) is 2. The fraction of sp³-hybridized carbons (Fsp3) is 0.444. The van der Waals surface area contributed by atoms with Crippen LogP contribution in [0.25, 0.3) is 10.8 Å². The van der Waals surface area contributed by atoms with E-state index in [4.69, 9.17) is 4.74 Å². The Labute approximate surface area is 120 Å². The van der Waals surface area contributed by atoms with Gasteiger partial charge in [0.1, 0.15) is 17.1 Å². The van der Waals surface area contributed by atoms with Crippen molar-refractivity contribution in [2.45, 2.75) is 53.1 Å². The van der Waals surface area contributed by atoms with Gasteiger partial charge in [0.25, 0.3) is 0 Å². The van der Waals surface area contributed by atoms with Gasteiger partial charge in [-0.3, -0.25) is 0 Å². The topological polar surface area (TPSA) is 29.5 Å². The summed E-state index contributed by atoms with van der Waals surface area (Å²) in [6.45, 7) is 10.4. The number of ether oxygens (including phenoxy) is 1. The lowest BCUT2D eigenvalue weighted by Crippen LogP contribution is -2.33. The van der Waals surface area contributed by atoms with Crippen LogP contribution < -0.4 is 4.74 Å². The van der Waals surface area contributed by atoms with E-state index in [1.54, 1.807) is 0 Å². The van der Waals surface area contributed by atoms with Crippen molar-refractivity contribution in [2.75, 3.05) is 0 Å². The quantitative estimate of drug-likeness (QED) is 0.759. The van der Waals surface area contributed by atoms with Crippen molar-refractivity contribution < 1.29 is 9.84 Å². The normalized spacial score (nSPS) is 16.9. The predicted molar refractivity (Wildman–Crippen MR) is 82.9 cm³/mol. The van der Waals surface area contributed by atoms with Gasteiger partial charge in [0.15, 0.2) is 0 Å². The number of benzene rings is 2. The first kappa shape index (κ1) is 13.3. The molecule has 0 bridgehead atoms. The second-order valence-corrected chi connectivity index (χ2v) is 6.57. The standard InChI is InChI=1S/C18H22O2/c1-10-6-7-14-15(11(10)2)16(19)12(3)13-8-9-18(4,5)20-17(13)14/h6-7,19H,8-9H2,1-5H3. The molecule has 0 saturated heterocycles. The van der Waals surface area contributed by atoms with Gasteiger partial charge in [-0.2, -0.15) is 0 Å². The Morgan fingerprint density at radius 2 is 1.80 bits per heavy atom. The molecule has 0 saturated carbocycles. The molecule has 1 aliphatic rings. The third kappa shape index (κ3) is 1.78. The summed E-state index contributed by atoms with van der Waals surface area (Å²) >= 11 is 0. The summed E-state index contributed by atoms with van der Waals surface area (Å²) in [6, 6.07) is 4.19. The summed E-state index contributed by atoms with van der Waals surface area (Å²) in [5, 5.41) is 12.6. The first-order valence-electron chi connectivity index (χ1n) is 7.25. The van der Waals surface area contributed by atoms with E-state index in [1.807, 2.05) is 6.92 Å². The Kier molecular flexibility index (Phi) is 2.75. The van der Waals surface area contributed by atoms with Crippen LogP contribution in [0.1, 0.15) is 42.5 Å². The lowest BCUT2D eigenvalue weighted by molar-refractivity contribution is 0.0865. The first-order valence-corrected chi connectivity index (χ1v) is 7.25. The van der Waals surface area contributed by atoms with Crippen LogP contribution >= 0.6 is 0 Å². The molecule has 1 aliphatic heterocycles. The lowest BCUT2D eigenvalue weighted by atomic mass is 9.87. The third-order valence-electron chi connectivity index (χ3n) is 4.65. The molecule has 2 heteroatoms. The van der Waals surface area contributed by atoms with Crippen LogP contribution in [0.15, 0.2) is 12.1 Å². The predicted octanol–water partition coefficient (Wildman–Crippen LogP) is 4.57. The minimum atomic E-state index is -0.137. The molecule has 106 valence electrons. The smallest absolute Gasteiger partial charge is 0.131 e. The molecule has 0 aromatic heterocycles. The van der Waals surface area contributed by atoms with Gasteiger partial charge in [-0.1, -0.05) is 12.1 Å². The van der Waals surface area contributed by atoms with E-state index in [-0.39, 0.29) is 5.60 Å². The van der Waals surface area contributed by atoms with Crippen LogP contribution in [0.5, 0.6) is 11.5 Å². The Hall–Kier alpha value is -1.70.